The molecule has 0 bridgehead atoms. The lowest BCUT2D eigenvalue weighted by Crippen LogP contribution is -1.94. The first kappa shape index (κ1) is 6.31. The highest BCUT2D eigenvalue weighted by atomic mass is 79.9. The summed E-state index contributed by atoms with van der Waals surface area (Å²) in [5.74, 6) is -1.48. The SMILES string of the molecule is [2H]C([2H])([2H])Oc1cc(F)c(Br)cc1[N+](=O)[O-]. The van der Waals surface area contributed by atoms with E-state index in [0.717, 1.165) is 6.07 Å². The molecule has 70 valence electrons. The van der Waals surface area contributed by atoms with Crippen molar-refractivity contribution in [2.75, 3.05) is 7.04 Å². The quantitative estimate of drug-likeness (QED) is 0.601. The van der Waals surface area contributed by atoms with Crippen LogP contribution in [0, 0.1) is 15.9 Å². The second-order valence-corrected chi connectivity index (χ2v) is 2.95. The molecule has 0 fully saturated rings. The van der Waals surface area contributed by atoms with Crippen molar-refractivity contribution in [1.82, 2.24) is 0 Å². The topological polar surface area (TPSA) is 52.4 Å². The molecule has 0 aliphatic carbocycles. The number of nitro benzene ring substituents is 1. The number of ether oxygens (including phenoxy) is 1. The summed E-state index contributed by atoms with van der Waals surface area (Å²) in [7, 11) is -2.87. The van der Waals surface area contributed by atoms with E-state index in [1.54, 1.807) is 0 Å². The van der Waals surface area contributed by atoms with Gasteiger partial charge in [-0.3, -0.25) is 10.1 Å². The molecule has 0 aliphatic rings. The second kappa shape index (κ2) is 3.69. The monoisotopic (exact) mass is 252 g/mol. The Morgan fingerprint density at radius 3 is 3.00 bits per heavy atom. The fourth-order valence-electron chi connectivity index (χ4n) is 0.743. The number of nitro groups is 1. The molecular weight excluding hydrogens is 245 g/mol. The Balaban J connectivity index is 3.25. The molecule has 0 heterocycles. The van der Waals surface area contributed by atoms with Gasteiger partial charge < -0.3 is 4.74 Å². The number of hydrogen-bond acceptors (Lipinski definition) is 3. The maximum atomic E-state index is 13.1. The maximum Gasteiger partial charge on any atom is 0.312 e. The van der Waals surface area contributed by atoms with E-state index < -0.39 is 29.2 Å². The summed E-state index contributed by atoms with van der Waals surface area (Å²) < 4.78 is 37.6. The van der Waals surface area contributed by atoms with Crippen LogP contribution in [0.15, 0.2) is 16.6 Å². The number of rotatable bonds is 2. The first-order valence-corrected chi connectivity index (χ1v) is 3.82. The Morgan fingerprint density at radius 2 is 2.46 bits per heavy atom. The average Bonchev–Trinajstić information content (AvgIpc) is 2.07. The minimum absolute atomic E-state index is 0.142. The van der Waals surface area contributed by atoms with E-state index in [1.807, 2.05) is 0 Å². The number of hydrogen-bond donors (Lipinski definition) is 0. The van der Waals surface area contributed by atoms with Gasteiger partial charge in [0.05, 0.1) is 20.5 Å². The molecule has 1 aromatic rings. The van der Waals surface area contributed by atoms with Crippen LogP contribution >= 0.6 is 15.9 Å². The van der Waals surface area contributed by atoms with E-state index in [9.17, 15) is 14.5 Å². The molecule has 0 saturated heterocycles. The van der Waals surface area contributed by atoms with Crippen LogP contribution in [0.5, 0.6) is 5.75 Å². The van der Waals surface area contributed by atoms with Crippen LogP contribution in [0.25, 0.3) is 0 Å². The summed E-state index contributed by atoms with van der Waals surface area (Å²) >= 11 is 2.75. The van der Waals surface area contributed by atoms with Gasteiger partial charge in [0.2, 0.25) is 0 Å². The van der Waals surface area contributed by atoms with Gasteiger partial charge in [-0.1, -0.05) is 0 Å². The molecule has 0 radical (unpaired) electrons. The Labute approximate surface area is 85.8 Å². The maximum absolute atomic E-state index is 13.1. The molecule has 0 spiro atoms. The zero-order valence-electron chi connectivity index (χ0n) is 9.08. The molecule has 4 nitrogen and oxygen atoms in total. The Morgan fingerprint density at radius 1 is 1.77 bits per heavy atom. The van der Waals surface area contributed by atoms with Crippen LogP contribution in [0.3, 0.4) is 0 Å². The van der Waals surface area contributed by atoms with Gasteiger partial charge in [0.15, 0.2) is 5.75 Å². The van der Waals surface area contributed by atoms with Crippen molar-refractivity contribution in [2.45, 2.75) is 0 Å². The Bertz CT molecular complexity index is 438. The zero-order chi connectivity index (χ0) is 12.5. The van der Waals surface area contributed by atoms with Gasteiger partial charge in [0.25, 0.3) is 0 Å². The molecule has 0 aromatic heterocycles. The van der Waals surface area contributed by atoms with E-state index >= 15 is 0 Å². The van der Waals surface area contributed by atoms with E-state index in [-0.39, 0.29) is 4.47 Å². The molecular formula is C7H5BrFNO3. The molecule has 0 amide bonds. The van der Waals surface area contributed by atoms with Gasteiger partial charge in [-0.15, -0.1) is 0 Å². The molecule has 0 atom stereocenters. The summed E-state index contributed by atoms with van der Waals surface area (Å²) in [4.78, 5) is 9.71. The number of benzene rings is 1. The van der Waals surface area contributed by atoms with Crippen molar-refractivity contribution < 1.29 is 18.2 Å². The van der Waals surface area contributed by atoms with Gasteiger partial charge in [0.1, 0.15) is 5.82 Å². The summed E-state index contributed by atoms with van der Waals surface area (Å²) in [6.07, 6.45) is 0. The molecule has 6 heteroatoms. The minimum Gasteiger partial charge on any atom is -0.490 e. The largest absolute Gasteiger partial charge is 0.490 e. The smallest absolute Gasteiger partial charge is 0.312 e. The molecule has 0 aliphatic heterocycles. The van der Waals surface area contributed by atoms with E-state index in [1.165, 1.54) is 0 Å². The predicted molar refractivity (Wildman–Crippen MR) is 47.3 cm³/mol. The molecule has 0 N–H and O–H groups in total. The van der Waals surface area contributed by atoms with E-state index in [4.69, 9.17) is 4.11 Å². The van der Waals surface area contributed by atoms with Gasteiger partial charge in [-0.05, 0) is 15.9 Å². The summed E-state index contributed by atoms with van der Waals surface area (Å²) in [6.45, 7) is 0. The van der Waals surface area contributed by atoms with Gasteiger partial charge >= 0.3 is 5.69 Å². The highest BCUT2D eigenvalue weighted by Crippen LogP contribution is 2.31. The summed E-state index contributed by atoms with van der Waals surface area (Å²) in [6, 6.07) is 1.49. The van der Waals surface area contributed by atoms with Crippen LogP contribution in [0.4, 0.5) is 10.1 Å². The fourth-order valence-corrected chi connectivity index (χ4v) is 1.07. The van der Waals surface area contributed by atoms with Crippen molar-refractivity contribution in [3.8, 4) is 5.75 Å². The van der Waals surface area contributed by atoms with Crippen molar-refractivity contribution >= 4 is 21.6 Å². The molecule has 13 heavy (non-hydrogen) atoms. The Hall–Kier alpha value is -1.17. The number of methoxy groups -OCH3 is 1. The Kier molecular flexibility index (Phi) is 1.79. The van der Waals surface area contributed by atoms with Crippen LogP contribution in [-0.4, -0.2) is 12.0 Å². The van der Waals surface area contributed by atoms with Gasteiger partial charge in [-0.2, -0.15) is 0 Å². The lowest BCUT2D eigenvalue weighted by atomic mass is 10.3. The first-order valence-electron chi connectivity index (χ1n) is 4.53. The predicted octanol–water partition coefficient (Wildman–Crippen LogP) is 2.51. The second-order valence-electron chi connectivity index (χ2n) is 2.09. The molecule has 0 saturated carbocycles. The zero-order valence-corrected chi connectivity index (χ0v) is 7.67. The van der Waals surface area contributed by atoms with Crippen molar-refractivity contribution in [1.29, 1.82) is 0 Å². The lowest BCUT2D eigenvalue weighted by molar-refractivity contribution is -0.385. The first-order chi connectivity index (χ1) is 7.20. The highest BCUT2D eigenvalue weighted by Gasteiger charge is 2.17. The minimum atomic E-state index is -2.87. The fraction of sp³-hybridized carbons (Fsp3) is 0.143. The van der Waals surface area contributed by atoms with Crippen molar-refractivity contribution in [3.63, 3.8) is 0 Å². The third-order valence-electron chi connectivity index (χ3n) is 1.31. The highest BCUT2D eigenvalue weighted by molar-refractivity contribution is 9.10. The van der Waals surface area contributed by atoms with Crippen LogP contribution in [0.1, 0.15) is 4.11 Å². The standard InChI is InChI=1S/C7H5BrFNO3/c1-13-7-3-5(9)4(8)2-6(7)10(11)12/h2-3H,1H3/i1D3. The molecule has 1 rings (SSSR count). The summed E-state index contributed by atoms with van der Waals surface area (Å²) in [5.41, 5.74) is -0.621. The lowest BCUT2D eigenvalue weighted by Gasteiger charge is -2.02. The summed E-state index contributed by atoms with van der Waals surface area (Å²) in [5, 5.41) is 10.6. The van der Waals surface area contributed by atoms with Crippen LogP contribution in [-0.2, 0) is 0 Å². The van der Waals surface area contributed by atoms with Crippen LogP contribution in [0.2, 0.25) is 0 Å². The van der Waals surface area contributed by atoms with Gasteiger partial charge in [-0.25, -0.2) is 4.39 Å². The van der Waals surface area contributed by atoms with E-state index in [0.29, 0.717) is 6.07 Å². The van der Waals surface area contributed by atoms with Crippen LogP contribution < -0.4 is 4.74 Å². The van der Waals surface area contributed by atoms with E-state index in [2.05, 4.69) is 20.7 Å². The molecule has 0 unspecified atom stereocenters. The van der Waals surface area contributed by atoms with Crippen molar-refractivity contribution in [2.24, 2.45) is 0 Å². The van der Waals surface area contributed by atoms with Gasteiger partial charge in [0, 0.05) is 12.1 Å². The average molecular weight is 253 g/mol. The third-order valence-corrected chi connectivity index (χ3v) is 1.92. The number of nitrogens with zero attached hydrogens (tertiary/aromatic N) is 1. The number of halogens is 2. The van der Waals surface area contributed by atoms with Crippen molar-refractivity contribution in [3.05, 3.63) is 32.5 Å². The molecule has 1 aromatic carbocycles. The third kappa shape index (κ3) is 1.95. The normalized spacial score (nSPS) is 14.2.